The molecule has 15 aromatic rings. The van der Waals surface area contributed by atoms with Crippen LogP contribution in [0.2, 0.25) is 0 Å². The van der Waals surface area contributed by atoms with Crippen molar-refractivity contribution in [2.75, 3.05) is 0 Å². The minimum absolute atomic E-state index is 0.286. The van der Waals surface area contributed by atoms with Crippen LogP contribution in [0.4, 0.5) is 0 Å². The Morgan fingerprint density at radius 2 is 0.432 bits per heavy atom. The maximum absolute atomic E-state index is 12.2. The van der Waals surface area contributed by atoms with E-state index < -0.39 is 0 Å². The molecule has 6 nitrogen and oxygen atoms in total. The normalized spacial score (nSPS) is 11.8. The summed E-state index contributed by atoms with van der Waals surface area (Å²) in [5.74, 6) is 0. The number of para-hydroxylation sites is 10. The van der Waals surface area contributed by atoms with Gasteiger partial charge in [0.15, 0.2) is 0 Å². The van der Waals surface area contributed by atoms with Crippen LogP contribution in [0.15, 0.2) is 243 Å². The van der Waals surface area contributed by atoms with E-state index in [1.165, 1.54) is 0 Å². The molecule has 0 saturated heterocycles. The Morgan fingerprint density at radius 3 is 0.676 bits per heavy atom. The quantitative estimate of drug-likeness (QED) is 0.167. The first-order chi connectivity index (χ1) is 36.7. The molecule has 11 aromatic carbocycles. The summed E-state index contributed by atoms with van der Waals surface area (Å²) in [6.45, 7) is 0. The summed E-state index contributed by atoms with van der Waals surface area (Å²) >= 11 is 0. The molecular formula is C68H40N6. The molecular weight excluding hydrogens is 901 g/mol. The third-order valence-electron chi connectivity index (χ3n) is 15.3. The summed E-state index contributed by atoms with van der Waals surface area (Å²) in [6.07, 6.45) is 0. The van der Waals surface area contributed by atoms with Gasteiger partial charge in [-0.3, -0.25) is 0 Å². The number of hydrogen-bond acceptors (Lipinski definition) is 2. The number of aromatic nitrogens is 4. The van der Waals surface area contributed by atoms with Gasteiger partial charge in [0.2, 0.25) is 0 Å². The van der Waals surface area contributed by atoms with E-state index in [1.54, 1.807) is 0 Å². The molecule has 74 heavy (non-hydrogen) atoms. The highest BCUT2D eigenvalue weighted by atomic mass is 15.1. The van der Waals surface area contributed by atoms with Crippen LogP contribution in [-0.4, -0.2) is 18.3 Å². The van der Waals surface area contributed by atoms with Crippen LogP contribution in [-0.2, 0) is 0 Å². The van der Waals surface area contributed by atoms with Gasteiger partial charge in [-0.15, -0.1) is 0 Å². The van der Waals surface area contributed by atoms with Crippen LogP contribution in [0.3, 0.4) is 0 Å². The molecule has 0 atom stereocenters. The van der Waals surface area contributed by atoms with Gasteiger partial charge in [0, 0.05) is 65.3 Å². The molecule has 6 heteroatoms. The van der Waals surface area contributed by atoms with Crippen molar-refractivity contribution in [3.8, 4) is 57.1 Å². The Bertz CT molecular complexity index is 4420. The lowest BCUT2D eigenvalue weighted by Gasteiger charge is -2.28. The maximum atomic E-state index is 12.2. The average molecular weight is 941 g/mol. The highest BCUT2D eigenvalue weighted by molar-refractivity contribution is 6.16. The summed E-state index contributed by atoms with van der Waals surface area (Å²) in [6, 6.07) is 90.7. The van der Waals surface area contributed by atoms with Gasteiger partial charge in [-0.2, -0.15) is 10.5 Å². The summed E-state index contributed by atoms with van der Waals surface area (Å²) in [7, 11) is 0. The van der Waals surface area contributed by atoms with Gasteiger partial charge in [0.05, 0.1) is 78.0 Å². The average Bonchev–Trinajstić information content (AvgIpc) is 4.21. The molecule has 4 heterocycles. The van der Waals surface area contributed by atoms with Gasteiger partial charge in [0.1, 0.15) is 12.1 Å². The number of fused-ring (bicyclic) bond motifs is 12. The fourth-order valence-corrected chi connectivity index (χ4v) is 12.4. The van der Waals surface area contributed by atoms with Crippen molar-refractivity contribution in [2.45, 2.75) is 0 Å². The number of hydrogen-bond donors (Lipinski definition) is 0. The van der Waals surface area contributed by atoms with E-state index in [0.717, 1.165) is 121 Å². The molecule has 0 saturated carbocycles. The van der Waals surface area contributed by atoms with E-state index >= 15 is 0 Å². The van der Waals surface area contributed by atoms with Crippen LogP contribution in [0.1, 0.15) is 11.1 Å². The zero-order chi connectivity index (χ0) is 49.0. The first kappa shape index (κ1) is 41.4. The molecule has 0 spiro atoms. The molecule has 0 amide bonds. The second-order valence-corrected chi connectivity index (χ2v) is 18.9. The summed E-state index contributed by atoms with van der Waals surface area (Å²) in [5.41, 5.74) is 14.9. The van der Waals surface area contributed by atoms with E-state index in [-0.39, 0.29) is 11.1 Å². The van der Waals surface area contributed by atoms with Gasteiger partial charge < -0.3 is 18.3 Å². The lowest BCUT2D eigenvalue weighted by atomic mass is 9.85. The van der Waals surface area contributed by atoms with Crippen molar-refractivity contribution < 1.29 is 0 Å². The molecule has 0 unspecified atom stereocenters. The van der Waals surface area contributed by atoms with Crippen molar-refractivity contribution in [1.29, 1.82) is 10.5 Å². The minimum Gasteiger partial charge on any atom is -0.309 e. The zero-order valence-electron chi connectivity index (χ0n) is 39.8. The number of nitriles is 2. The second-order valence-electron chi connectivity index (χ2n) is 18.9. The first-order valence-corrected chi connectivity index (χ1v) is 24.9. The van der Waals surface area contributed by atoms with Crippen molar-refractivity contribution in [3.05, 3.63) is 254 Å². The molecule has 0 bridgehead atoms. The summed E-state index contributed by atoms with van der Waals surface area (Å²) in [5, 5.41) is 33.3. The molecule has 0 fully saturated rings. The maximum Gasteiger partial charge on any atom is 0.101 e. The zero-order valence-corrected chi connectivity index (χ0v) is 39.8. The second kappa shape index (κ2) is 16.1. The molecule has 0 radical (unpaired) electrons. The Kier molecular flexibility index (Phi) is 8.99. The number of benzene rings is 11. The van der Waals surface area contributed by atoms with Gasteiger partial charge in [0.25, 0.3) is 0 Å². The minimum atomic E-state index is 0.286. The largest absolute Gasteiger partial charge is 0.309 e. The van der Waals surface area contributed by atoms with E-state index in [1.807, 2.05) is 0 Å². The Morgan fingerprint density at radius 1 is 0.230 bits per heavy atom. The fraction of sp³-hybridized carbons (Fsp3) is 0. The predicted octanol–water partition coefficient (Wildman–Crippen LogP) is 17.2. The van der Waals surface area contributed by atoms with E-state index in [9.17, 15) is 10.5 Å². The van der Waals surface area contributed by atoms with E-state index in [0.29, 0.717) is 11.1 Å². The summed E-state index contributed by atoms with van der Waals surface area (Å²) < 4.78 is 9.40. The molecule has 0 aliphatic rings. The van der Waals surface area contributed by atoms with Crippen molar-refractivity contribution >= 4 is 87.2 Å². The van der Waals surface area contributed by atoms with E-state index in [4.69, 9.17) is 0 Å². The monoisotopic (exact) mass is 940 g/mol. The fourth-order valence-electron chi connectivity index (χ4n) is 12.4. The third kappa shape index (κ3) is 5.68. The summed E-state index contributed by atoms with van der Waals surface area (Å²) in [4.78, 5) is 0. The first-order valence-electron chi connectivity index (χ1n) is 24.9. The SMILES string of the molecule is N#Cc1c(C#N)c(-c2ccccc2-n2c3ccccc3c3ccccc32)c(-n2c3ccccc3c3ccccc32)c(-n2c3ccccc3c3ccccc32)c1-c1ccccc1-n1c2ccccc2c2ccccc21. The molecule has 0 aliphatic heterocycles. The molecule has 4 aromatic heterocycles. The van der Waals surface area contributed by atoms with Crippen molar-refractivity contribution in [3.63, 3.8) is 0 Å². The third-order valence-corrected chi connectivity index (χ3v) is 15.3. The van der Waals surface area contributed by atoms with Crippen molar-refractivity contribution in [1.82, 2.24) is 18.3 Å². The number of nitrogens with zero attached hydrogens (tertiary/aromatic N) is 6. The van der Waals surface area contributed by atoms with Crippen LogP contribution in [0, 0.1) is 22.7 Å². The van der Waals surface area contributed by atoms with Crippen LogP contribution in [0.5, 0.6) is 0 Å². The van der Waals surface area contributed by atoms with Gasteiger partial charge in [-0.1, -0.05) is 182 Å². The Balaban J connectivity index is 1.23. The number of rotatable bonds is 6. The predicted molar refractivity (Wildman–Crippen MR) is 304 cm³/mol. The smallest absolute Gasteiger partial charge is 0.101 e. The van der Waals surface area contributed by atoms with Gasteiger partial charge in [-0.05, 0) is 60.7 Å². The lowest BCUT2D eigenvalue weighted by Crippen LogP contribution is -2.13. The van der Waals surface area contributed by atoms with Crippen molar-refractivity contribution in [2.24, 2.45) is 0 Å². The highest BCUT2D eigenvalue weighted by Gasteiger charge is 2.34. The molecule has 0 N–H and O–H groups in total. The van der Waals surface area contributed by atoms with Gasteiger partial charge in [-0.25, -0.2) is 0 Å². The Labute approximate surface area is 424 Å². The van der Waals surface area contributed by atoms with Crippen LogP contribution in [0.25, 0.3) is 132 Å². The van der Waals surface area contributed by atoms with Crippen LogP contribution >= 0.6 is 0 Å². The van der Waals surface area contributed by atoms with Gasteiger partial charge >= 0.3 is 0 Å². The molecule has 0 aliphatic carbocycles. The van der Waals surface area contributed by atoms with E-state index in [2.05, 4.69) is 273 Å². The molecule has 15 rings (SSSR count). The lowest BCUT2D eigenvalue weighted by molar-refractivity contribution is 1.09. The topological polar surface area (TPSA) is 67.3 Å². The van der Waals surface area contributed by atoms with Crippen LogP contribution < -0.4 is 0 Å². The highest BCUT2D eigenvalue weighted by Crippen LogP contribution is 2.52. The standard InChI is InChI=1S/C68H40N6/c69-41-53-54(42-70)66(52-30-10-20-40-64(52)72-57-33-13-3-23-45(57)46-24-4-14-34-58(46)72)68(74-61-37-17-7-27-49(61)50-28-8-18-38-62(50)74)67(73-59-35-15-5-25-47(59)48-26-6-16-36-60(48)73)65(53)51-29-9-19-39-63(51)71-55-31-11-1-21-43(55)44-22-2-12-32-56(44)71/h1-40H. The molecule has 342 valence electrons. The Hall–Kier alpha value is -10.4.